The highest BCUT2D eigenvalue weighted by Gasteiger charge is 2.09. The highest BCUT2D eigenvalue weighted by Crippen LogP contribution is 2.22. The number of ketones is 1. The molecule has 2 aromatic rings. The molecule has 0 aliphatic heterocycles. The fraction of sp³-hybridized carbons (Fsp3) is 0.300. The van der Waals surface area contributed by atoms with Crippen molar-refractivity contribution in [2.75, 3.05) is 11.1 Å². The molecule has 2 rings (SSSR count). The lowest BCUT2D eigenvalue weighted by Gasteiger charge is -2.06. The van der Waals surface area contributed by atoms with Crippen LogP contribution < -0.4 is 5.32 Å². The predicted molar refractivity (Wildman–Crippen MR) is 101 cm³/mol. The fourth-order valence-electron chi connectivity index (χ4n) is 2.30. The van der Waals surface area contributed by atoms with E-state index in [0.29, 0.717) is 22.6 Å². The van der Waals surface area contributed by atoms with Crippen LogP contribution in [0.2, 0.25) is 0 Å². The smallest absolute Gasteiger partial charge is 0.224 e. The third kappa shape index (κ3) is 6.26. The van der Waals surface area contributed by atoms with Gasteiger partial charge in [0.1, 0.15) is 0 Å². The molecule has 0 radical (unpaired) electrons. The molecule has 1 amide bonds. The second-order valence-corrected chi connectivity index (χ2v) is 6.92. The lowest BCUT2D eigenvalue weighted by Crippen LogP contribution is -2.11. The number of anilines is 1. The van der Waals surface area contributed by atoms with Crippen LogP contribution in [0.15, 0.2) is 47.4 Å². The average molecular weight is 377 g/mol. The molecular weight excluding hydrogens is 356 g/mol. The summed E-state index contributed by atoms with van der Waals surface area (Å²) in [7, 11) is 0. The van der Waals surface area contributed by atoms with E-state index < -0.39 is 11.6 Å². The summed E-state index contributed by atoms with van der Waals surface area (Å²) in [4.78, 5) is 24.5. The van der Waals surface area contributed by atoms with Gasteiger partial charge >= 0.3 is 0 Å². The van der Waals surface area contributed by atoms with Crippen LogP contribution in [0.4, 0.5) is 14.5 Å². The van der Waals surface area contributed by atoms with E-state index in [1.54, 1.807) is 24.3 Å². The maximum Gasteiger partial charge on any atom is 0.224 e. The molecule has 0 fully saturated rings. The standard InChI is InChI=1S/C20H21F2NO2S/c1-2-3-4-5-20(25)23-15-8-6-14(7-9-15)19(24)13-26-16-10-11-17(21)18(22)12-16/h6-12H,2-5,13H2,1H3,(H,23,25). The molecule has 138 valence electrons. The number of amides is 1. The fourth-order valence-corrected chi connectivity index (χ4v) is 3.11. The van der Waals surface area contributed by atoms with Crippen molar-refractivity contribution in [1.82, 2.24) is 0 Å². The van der Waals surface area contributed by atoms with Crippen LogP contribution in [0, 0.1) is 11.6 Å². The van der Waals surface area contributed by atoms with Crippen molar-refractivity contribution in [2.24, 2.45) is 0 Å². The molecule has 1 N–H and O–H groups in total. The number of benzene rings is 2. The molecule has 0 bridgehead atoms. The topological polar surface area (TPSA) is 46.2 Å². The number of carbonyl (C=O) groups is 2. The largest absolute Gasteiger partial charge is 0.326 e. The molecule has 2 aromatic carbocycles. The molecule has 0 saturated heterocycles. The summed E-state index contributed by atoms with van der Waals surface area (Å²) in [5.74, 6) is -1.88. The van der Waals surface area contributed by atoms with Crippen LogP contribution in [0.1, 0.15) is 43.0 Å². The molecule has 3 nitrogen and oxygen atoms in total. The second-order valence-electron chi connectivity index (χ2n) is 5.87. The highest BCUT2D eigenvalue weighted by atomic mass is 32.2. The number of hydrogen-bond acceptors (Lipinski definition) is 3. The molecule has 0 spiro atoms. The van der Waals surface area contributed by atoms with E-state index in [2.05, 4.69) is 12.2 Å². The lowest BCUT2D eigenvalue weighted by molar-refractivity contribution is -0.116. The number of halogens is 2. The van der Waals surface area contributed by atoms with Crippen molar-refractivity contribution in [3.63, 3.8) is 0 Å². The predicted octanol–water partition coefficient (Wildman–Crippen LogP) is 5.46. The number of nitrogens with one attached hydrogen (secondary N) is 1. The number of thioether (sulfide) groups is 1. The van der Waals surface area contributed by atoms with Gasteiger partial charge < -0.3 is 5.32 Å². The van der Waals surface area contributed by atoms with Gasteiger partial charge in [-0.25, -0.2) is 8.78 Å². The zero-order chi connectivity index (χ0) is 18.9. The van der Waals surface area contributed by atoms with Gasteiger partial charge in [-0.2, -0.15) is 0 Å². The maximum absolute atomic E-state index is 13.2. The minimum absolute atomic E-state index is 0.0357. The molecular formula is C20H21F2NO2S. The number of rotatable bonds is 9. The van der Waals surface area contributed by atoms with Crippen LogP contribution in [-0.4, -0.2) is 17.4 Å². The normalized spacial score (nSPS) is 10.6. The highest BCUT2D eigenvalue weighted by molar-refractivity contribution is 8.00. The van der Waals surface area contributed by atoms with Crippen molar-refractivity contribution in [3.8, 4) is 0 Å². The first-order valence-corrected chi connectivity index (χ1v) is 9.49. The lowest BCUT2D eigenvalue weighted by atomic mass is 10.1. The van der Waals surface area contributed by atoms with Gasteiger partial charge in [0.05, 0.1) is 5.75 Å². The number of Topliss-reactive ketones (excluding diaryl/α,β-unsaturated/α-hetero) is 1. The summed E-state index contributed by atoms with van der Waals surface area (Å²) in [6.07, 6.45) is 3.43. The van der Waals surface area contributed by atoms with E-state index in [1.807, 2.05) is 0 Å². The minimum atomic E-state index is -0.929. The number of hydrogen-bond donors (Lipinski definition) is 1. The molecule has 26 heavy (non-hydrogen) atoms. The molecule has 0 atom stereocenters. The third-order valence-corrected chi connectivity index (χ3v) is 4.75. The van der Waals surface area contributed by atoms with Crippen LogP contribution in [0.25, 0.3) is 0 Å². The molecule has 0 aliphatic rings. The Bertz CT molecular complexity index is 763. The van der Waals surface area contributed by atoms with E-state index in [0.717, 1.165) is 43.2 Å². The van der Waals surface area contributed by atoms with Gasteiger partial charge in [0.15, 0.2) is 17.4 Å². The Hall–Kier alpha value is -2.21. The van der Waals surface area contributed by atoms with Gasteiger partial charge in [0.25, 0.3) is 0 Å². The maximum atomic E-state index is 13.2. The number of carbonyl (C=O) groups excluding carboxylic acids is 2. The van der Waals surface area contributed by atoms with E-state index in [9.17, 15) is 18.4 Å². The van der Waals surface area contributed by atoms with Gasteiger partial charge in [0, 0.05) is 22.6 Å². The van der Waals surface area contributed by atoms with E-state index in [-0.39, 0.29) is 17.4 Å². The summed E-state index contributed by atoms with van der Waals surface area (Å²) < 4.78 is 26.1. The average Bonchev–Trinajstić information content (AvgIpc) is 2.63. The Morgan fingerprint density at radius 1 is 1.00 bits per heavy atom. The first kappa shape index (κ1) is 20.1. The van der Waals surface area contributed by atoms with E-state index in [1.165, 1.54) is 6.07 Å². The van der Waals surface area contributed by atoms with E-state index >= 15 is 0 Å². The van der Waals surface area contributed by atoms with Gasteiger partial charge in [0.2, 0.25) is 5.91 Å². The van der Waals surface area contributed by atoms with E-state index in [4.69, 9.17) is 0 Å². The summed E-state index contributed by atoms with van der Waals surface area (Å²) in [6, 6.07) is 10.2. The van der Waals surface area contributed by atoms with Gasteiger partial charge in [-0.05, 0) is 48.9 Å². The van der Waals surface area contributed by atoms with Crippen LogP contribution in [0.3, 0.4) is 0 Å². The zero-order valence-electron chi connectivity index (χ0n) is 14.6. The quantitative estimate of drug-likeness (QED) is 0.359. The third-order valence-electron chi connectivity index (χ3n) is 3.76. The van der Waals surface area contributed by atoms with Gasteiger partial charge in [-0.15, -0.1) is 11.8 Å². The zero-order valence-corrected chi connectivity index (χ0v) is 15.4. The van der Waals surface area contributed by atoms with Crippen molar-refractivity contribution < 1.29 is 18.4 Å². The Balaban J connectivity index is 1.85. The summed E-state index contributed by atoms with van der Waals surface area (Å²) in [5, 5.41) is 2.80. The summed E-state index contributed by atoms with van der Waals surface area (Å²) in [6.45, 7) is 2.08. The van der Waals surface area contributed by atoms with Crippen LogP contribution in [0.5, 0.6) is 0 Å². The Morgan fingerprint density at radius 2 is 1.73 bits per heavy atom. The number of unbranched alkanes of at least 4 members (excludes halogenated alkanes) is 2. The van der Waals surface area contributed by atoms with Crippen LogP contribution in [-0.2, 0) is 4.79 Å². The first-order valence-electron chi connectivity index (χ1n) is 8.50. The molecule has 0 unspecified atom stereocenters. The van der Waals surface area contributed by atoms with Crippen molar-refractivity contribution >= 4 is 29.1 Å². The Kier molecular flexibility index (Phi) is 7.78. The van der Waals surface area contributed by atoms with Gasteiger partial charge in [-0.1, -0.05) is 19.8 Å². The van der Waals surface area contributed by atoms with Crippen LogP contribution >= 0.6 is 11.8 Å². The first-order chi connectivity index (χ1) is 12.5. The summed E-state index contributed by atoms with van der Waals surface area (Å²) >= 11 is 1.15. The van der Waals surface area contributed by atoms with Crippen molar-refractivity contribution in [1.29, 1.82) is 0 Å². The summed E-state index contributed by atoms with van der Waals surface area (Å²) in [5.41, 5.74) is 1.15. The SMILES string of the molecule is CCCCCC(=O)Nc1ccc(C(=O)CSc2ccc(F)c(F)c2)cc1. The van der Waals surface area contributed by atoms with Crippen molar-refractivity contribution in [3.05, 3.63) is 59.7 Å². The molecule has 6 heteroatoms. The molecule has 0 saturated carbocycles. The molecule has 0 aromatic heterocycles. The Morgan fingerprint density at radius 3 is 2.38 bits per heavy atom. The Labute approximate surface area is 156 Å². The molecule has 0 heterocycles. The minimum Gasteiger partial charge on any atom is -0.326 e. The van der Waals surface area contributed by atoms with Crippen molar-refractivity contribution in [2.45, 2.75) is 37.5 Å². The van der Waals surface area contributed by atoms with Gasteiger partial charge in [-0.3, -0.25) is 9.59 Å². The molecule has 0 aliphatic carbocycles. The second kappa shape index (κ2) is 10.1. The monoisotopic (exact) mass is 377 g/mol.